The van der Waals surface area contributed by atoms with Crippen LogP contribution in [0, 0.1) is 0 Å². The molecule has 0 aromatic carbocycles. The Hall–Kier alpha value is 0.174. The van der Waals surface area contributed by atoms with E-state index in [4.69, 9.17) is 17.4 Å². The van der Waals surface area contributed by atoms with E-state index < -0.39 is 39.7 Å². The predicted molar refractivity (Wildman–Crippen MR) is 134 cm³/mol. The molecule has 1 fully saturated rings. The standard InChI is InChI=1S/C19H44O5Si5/c1-17(2)18(20)21-16-29(23-25(5,6)7,24-26(8,9)10)28(13)15-14-19(3,4)22-27(28,11)12/h1,14-16H2,2-13H3. The Kier molecular flexibility index (Phi) is 8.07. The van der Waals surface area contributed by atoms with Crippen LogP contribution in [0.25, 0.3) is 0 Å². The molecule has 0 saturated carbocycles. The summed E-state index contributed by atoms with van der Waals surface area (Å²) in [6.07, 6.45) is 1.26. The lowest BCUT2D eigenvalue weighted by Gasteiger charge is -2.58. The molecule has 1 atom stereocenters. The molecule has 29 heavy (non-hydrogen) atoms. The number of carbonyl (C=O) groups excluding carboxylic acids is 1. The molecule has 0 aliphatic carbocycles. The van der Waals surface area contributed by atoms with Gasteiger partial charge in [0.1, 0.15) is 13.3 Å². The summed E-state index contributed by atoms with van der Waals surface area (Å²) in [7, 11) is -11.1. The molecular weight excluding hydrogens is 449 g/mol. The van der Waals surface area contributed by atoms with E-state index in [1.54, 1.807) is 6.92 Å². The number of esters is 1. The number of rotatable bonds is 8. The first-order chi connectivity index (χ1) is 12.7. The number of ether oxygens (including phenoxy) is 1. The molecule has 1 aliphatic heterocycles. The maximum absolute atomic E-state index is 12.4. The first-order valence-electron chi connectivity index (χ1n) is 10.6. The quantitative estimate of drug-likeness (QED) is 0.257. The Morgan fingerprint density at radius 1 is 1.03 bits per heavy atom. The van der Waals surface area contributed by atoms with Gasteiger partial charge in [0.05, 0.1) is 5.60 Å². The van der Waals surface area contributed by atoms with Gasteiger partial charge in [-0.15, -0.1) is 0 Å². The van der Waals surface area contributed by atoms with Gasteiger partial charge in [-0.05, 0) is 79.6 Å². The van der Waals surface area contributed by atoms with Gasteiger partial charge in [0.25, 0.3) is 0 Å². The highest BCUT2D eigenvalue weighted by molar-refractivity contribution is 7.66. The van der Waals surface area contributed by atoms with Crippen molar-refractivity contribution in [1.29, 1.82) is 0 Å². The SMILES string of the molecule is C=C(C)C(=O)OC[Si](O[Si](C)(C)C)(O[Si](C)(C)C)[Si]1(C)CCC(C)(C)O[Si]1(C)C. The normalized spacial score (nSPS) is 24.8. The van der Waals surface area contributed by atoms with Gasteiger partial charge in [-0.1, -0.05) is 19.2 Å². The van der Waals surface area contributed by atoms with Crippen molar-refractivity contribution >= 4 is 45.6 Å². The van der Waals surface area contributed by atoms with E-state index in [2.05, 4.69) is 79.3 Å². The van der Waals surface area contributed by atoms with E-state index in [0.29, 0.717) is 5.57 Å². The Balaban J connectivity index is 3.60. The van der Waals surface area contributed by atoms with Crippen LogP contribution in [0.2, 0.25) is 65.0 Å². The zero-order valence-electron chi connectivity index (χ0n) is 20.9. The average molecular weight is 493 g/mol. The second-order valence-corrected chi connectivity index (χ2v) is 44.0. The smallest absolute Gasteiger partial charge is 0.334 e. The van der Waals surface area contributed by atoms with Crippen LogP contribution in [0.3, 0.4) is 0 Å². The summed E-state index contributed by atoms with van der Waals surface area (Å²) in [5.74, 6) is -0.352. The zero-order valence-corrected chi connectivity index (χ0v) is 25.9. The summed E-state index contributed by atoms with van der Waals surface area (Å²) in [5.41, 5.74) is 0.299. The highest BCUT2D eigenvalue weighted by atomic mass is 29.7. The predicted octanol–water partition coefficient (Wildman–Crippen LogP) is 5.43. The minimum Gasteiger partial charge on any atom is -0.461 e. The molecule has 0 spiro atoms. The molecular formula is C19H44O5Si5. The third kappa shape index (κ3) is 6.83. The number of carbonyl (C=O) groups is 1. The average Bonchev–Trinajstić information content (AvgIpc) is 2.44. The molecule has 0 bridgehead atoms. The molecule has 1 rings (SSSR count). The molecule has 0 radical (unpaired) electrons. The van der Waals surface area contributed by atoms with Gasteiger partial charge >= 0.3 is 14.0 Å². The molecule has 5 nitrogen and oxygen atoms in total. The van der Waals surface area contributed by atoms with Crippen LogP contribution in [0.4, 0.5) is 0 Å². The van der Waals surface area contributed by atoms with Gasteiger partial charge in [0, 0.05) is 5.57 Å². The molecule has 10 heteroatoms. The first-order valence-corrected chi connectivity index (χ1v) is 27.0. The van der Waals surface area contributed by atoms with Gasteiger partial charge in [0.2, 0.25) is 0 Å². The Bertz CT molecular complexity index is 620. The third-order valence-corrected chi connectivity index (χ3v) is 46.3. The monoisotopic (exact) mass is 492 g/mol. The maximum atomic E-state index is 12.4. The van der Waals surface area contributed by atoms with Gasteiger partial charge in [-0.2, -0.15) is 0 Å². The van der Waals surface area contributed by atoms with Crippen molar-refractivity contribution in [2.75, 3.05) is 6.23 Å². The van der Waals surface area contributed by atoms with Gasteiger partial charge in [-0.3, -0.25) is 0 Å². The lowest BCUT2D eigenvalue weighted by atomic mass is 10.1. The van der Waals surface area contributed by atoms with Crippen molar-refractivity contribution < 1.29 is 22.2 Å². The second-order valence-electron chi connectivity index (χ2n) is 11.7. The van der Waals surface area contributed by atoms with E-state index in [0.717, 1.165) is 12.5 Å². The van der Waals surface area contributed by atoms with E-state index in [1.165, 1.54) is 0 Å². The van der Waals surface area contributed by atoms with Crippen LogP contribution >= 0.6 is 0 Å². The van der Waals surface area contributed by atoms with Crippen LogP contribution < -0.4 is 0 Å². The minimum absolute atomic E-state index is 0.116. The summed E-state index contributed by atoms with van der Waals surface area (Å²) in [6.45, 7) is 30.2. The van der Waals surface area contributed by atoms with E-state index in [9.17, 15) is 4.79 Å². The second kappa shape index (κ2) is 8.60. The lowest BCUT2D eigenvalue weighted by Crippen LogP contribution is -2.84. The van der Waals surface area contributed by atoms with Gasteiger partial charge in [-0.25, -0.2) is 4.79 Å². The van der Waals surface area contributed by atoms with Crippen molar-refractivity contribution in [2.24, 2.45) is 0 Å². The Labute approximate surface area is 183 Å². The molecule has 0 amide bonds. The Morgan fingerprint density at radius 3 is 1.83 bits per heavy atom. The molecule has 170 valence electrons. The number of hydrogen-bond donors (Lipinski definition) is 0. The summed E-state index contributed by atoms with van der Waals surface area (Å²) >= 11 is 0. The van der Waals surface area contributed by atoms with Crippen LogP contribution in [-0.4, -0.2) is 57.5 Å². The molecule has 1 saturated heterocycles. The third-order valence-electron chi connectivity index (χ3n) is 5.61. The Morgan fingerprint density at radius 2 is 1.48 bits per heavy atom. The summed E-state index contributed by atoms with van der Waals surface area (Å²) in [6, 6.07) is 1.10. The van der Waals surface area contributed by atoms with Gasteiger partial charge in [0.15, 0.2) is 24.5 Å². The zero-order chi connectivity index (χ0) is 23.1. The molecule has 0 aromatic heterocycles. The fourth-order valence-corrected chi connectivity index (χ4v) is 51.0. The molecule has 1 unspecified atom stereocenters. The molecule has 0 N–H and O–H groups in total. The van der Waals surface area contributed by atoms with Gasteiger partial charge < -0.3 is 17.4 Å². The van der Waals surface area contributed by atoms with Crippen LogP contribution in [0.5, 0.6) is 0 Å². The van der Waals surface area contributed by atoms with Crippen molar-refractivity contribution in [3.05, 3.63) is 12.2 Å². The largest absolute Gasteiger partial charge is 0.461 e. The first kappa shape index (κ1) is 27.2. The van der Waals surface area contributed by atoms with Crippen LogP contribution in [0.15, 0.2) is 12.2 Å². The van der Waals surface area contributed by atoms with Crippen LogP contribution in [0.1, 0.15) is 27.2 Å². The topological polar surface area (TPSA) is 54.0 Å². The summed E-state index contributed by atoms with van der Waals surface area (Å²) in [4.78, 5) is 12.4. The lowest BCUT2D eigenvalue weighted by molar-refractivity contribution is -0.137. The molecule has 1 heterocycles. The van der Waals surface area contributed by atoms with Crippen LogP contribution in [-0.2, 0) is 22.2 Å². The van der Waals surface area contributed by atoms with E-state index >= 15 is 0 Å². The highest BCUT2D eigenvalue weighted by Gasteiger charge is 2.70. The fourth-order valence-electron chi connectivity index (χ4n) is 4.09. The van der Waals surface area contributed by atoms with Crippen molar-refractivity contribution in [3.63, 3.8) is 0 Å². The molecule has 0 aromatic rings. The van der Waals surface area contributed by atoms with Crippen molar-refractivity contribution in [1.82, 2.24) is 0 Å². The van der Waals surface area contributed by atoms with Crippen molar-refractivity contribution in [3.8, 4) is 0 Å². The molecule has 1 aliphatic rings. The minimum atomic E-state index is -2.88. The number of hydrogen-bond acceptors (Lipinski definition) is 5. The fraction of sp³-hybridized carbons (Fsp3) is 0.842. The maximum Gasteiger partial charge on any atom is 0.334 e. The highest BCUT2D eigenvalue weighted by Crippen LogP contribution is 2.45. The summed E-state index contributed by atoms with van der Waals surface area (Å²) in [5, 5.41) is 0. The van der Waals surface area contributed by atoms with E-state index in [-0.39, 0.29) is 17.8 Å². The van der Waals surface area contributed by atoms with E-state index in [1.807, 2.05) is 0 Å². The summed E-state index contributed by atoms with van der Waals surface area (Å²) < 4.78 is 26.8. The van der Waals surface area contributed by atoms with Crippen molar-refractivity contribution in [2.45, 2.75) is 97.8 Å².